The first-order valence-corrected chi connectivity index (χ1v) is 5.36. The molecule has 0 saturated carbocycles. The molecule has 6 heteroatoms. The smallest absolute Gasteiger partial charge is 0.306 e. The van der Waals surface area contributed by atoms with Gasteiger partial charge in [0.25, 0.3) is 0 Å². The number of furan rings is 1. The summed E-state index contributed by atoms with van der Waals surface area (Å²) in [5.41, 5.74) is 0. The number of aliphatic carboxylic acids is 1. The summed E-state index contributed by atoms with van der Waals surface area (Å²) >= 11 is 0. The van der Waals surface area contributed by atoms with Crippen molar-refractivity contribution in [2.45, 2.75) is 12.5 Å². The number of carboxylic acids is 1. The third-order valence-electron chi connectivity index (χ3n) is 2.18. The Balaban J connectivity index is 2.33. The summed E-state index contributed by atoms with van der Waals surface area (Å²) in [6, 6.07) is 3.43. The van der Waals surface area contributed by atoms with Crippen molar-refractivity contribution in [3.8, 4) is 0 Å². The topological polar surface area (TPSA) is 88.8 Å². The van der Waals surface area contributed by atoms with E-state index < -0.39 is 12.1 Å². The van der Waals surface area contributed by atoms with Gasteiger partial charge < -0.3 is 19.6 Å². The molecule has 1 aromatic rings. The standard InChI is InChI=1S/C12H15NO5/c1-17-10(7-12(15)16)8-13-11(14)5-4-9-3-2-6-18-9/h2-6,10H,7-8H2,1H3,(H,13,14)(H,15,16)/b5-4+. The Bertz CT molecular complexity index is 410. The van der Waals surface area contributed by atoms with E-state index >= 15 is 0 Å². The lowest BCUT2D eigenvalue weighted by molar-refractivity contribution is -0.140. The van der Waals surface area contributed by atoms with E-state index in [4.69, 9.17) is 14.3 Å². The molecule has 1 amide bonds. The molecule has 1 atom stereocenters. The molecule has 1 aromatic heterocycles. The average molecular weight is 253 g/mol. The van der Waals surface area contributed by atoms with Crippen molar-refractivity contribution in [2.75, 3.05) is 13.7 Å². The number of carbonyl (C=O) groups is 2. The van der Waals surface area contributed by atoms with Crippen LogP contribution in [0.5, 0.6) is 0 Å². The quantitative estimate of drug-likeness (QED) is 0.705. The lowest BCUT2D eigenvalue weighted by Gasteiger charge is -2.12. The predicted molar refractivity (Wildman–Crippen MR) is 63.8 cm³/mol. The van der Waals surface area contributed by atoms with Crippen LogP contribution in [0.15, 0.2) is 28.9 Å². The molecule has 0 radical (unpaired) electrons. The average Bonchev–Trinajstić information content (AvgIpc) is 2.84. The van der Waals surface area contributed by atoms with E-state index in [1.807, 2.05) is 0 Å². The maximum absolute atomic E-state index is 11.4. The molecule has 1 unspecified atom stereocenters. The summed E-state index contributed by atoms with van der Waals surface area (Å²) in [4.78, 5) is 21.9. The minimum Gasteiger partial charge on any atom is -0.481 e. The second-order valence-electron chi connectivity index (χ2n) is 3.55. The molecule has 0 aliphatic rings. The van der Waals surface area contributed by atoms with Crippen molar-refractivity contribution in [3.63, 3.8) is 0 Å². The SMILES string of the molecule is COC(CNC(=O)/C=C/c1ccco1)CC(=O)O. The molecule has 0 spiro atoms. The van der Waals surface area contributed by atoms with E-state index in [0.29, 0.717) is 5.76 Å². The van der Waals surface area contributed by atoms with Crippen LogP contribution < -0.4 is 5.32 Å². The largest absolute Gasteiger partial charge is 0.481 e. The number of amides is 1. The zero-order chi connectivity index (χ0) is 13.4. The van der Waals surface area contributed by atoms with Gasteiger partial charge in [-0.3, -0.25) is 9.59 Å². The van der Waals surface area contributed by atoms with Crippen LogP contribution in [0.2, 0.25) is 0 Å². The molecule has 0 fully saturated rings. The van der Waals surface area contributed by atoms with Gasteiger partial charge in [0.05, 0.1) is 18.8 Å². The van der Waals surface area contributed by atoms with Crippen molar-refractivity contribution in [1.29, 1.82) is 0 Å². The van der Waals surface area contributed by atoms with Crippen molar-refractivity contribution < 1.29 is 23.8 Å². The van der Waals surface area contributed by atoms with E-state index in [1.165, 1.54) is 25.5 Å². The van der Waals surface area contributed by atoms with Gasteiger partial charge >= 0.3 is 5.97 Å². The first kappa shape index (κ1) is 14.0. The first-order valence-electron chi connectivity index (χ1n) is 5.36. The van der Waals surface area contributed by atoms with Crippen LogP contribution in [-0.4, -0.2) is 36.7 Å². The highest BCUT2D eigenvalue weighted by atomic mass is 16.5. The summed E-state index contributed by atoms with van der Waals surface area (Å²) in [5, 5.41) is 11.1. The number of carboxylic acid groups (broad SMARTS) is 1. The highest BCUT2D eigenvalue weighted by Gasteiger charge is 2.12. The van der Waals surface area contributed by atoms with Crippen LogP contribution in [0.25, 0.3) is 6.08 Å². The fourth-order valence-electron chi connectivity index (χ4n) is 1.25. The normalized spacial score (nSPS) is 12.5. The maximum Gasteiger partial charge on any atom is 0.306 e. The van der Waals surface area contributed by atoms with E-state index in [9.17, 15) is 9.59 Å². The number of hydrogen-bond acceptors (Lipinski definition) is 4. The minimum atomic E-state index is -0.970. The molecule has 18 heavy (non-hydrogen) atoms. The van der Waals surface area contributed by atoms with Crippen molar-refractivity contribution >= 4 is 18.0 Å². The molecule has 1 heterocycles. The summed E-state index contributed by atoms with van der Waals surface area (Å²) in [5.74, 6) is -0.736. The fourth-order valence-corrected chi connectivity index (χ4v) is 1.25. The number of rotatable bonds is 7. The maximum atomic E-state index is 11.4. The Morgan fingerprint density at radius 2 is 2.39 bits per heavy atom. The monoisotopic (exact) mass is 253 g/mol. The lowest BCUT2D eigenvalue weighted by Crippen LogP contribution is -2.33. The highest BCUT2D eigenvalue weighted by Crippen LogP contribution is 2.01. The predicted octanol–water partition coefficient (Wildman–Crippen LogP) is 0.899. The van der Waals surface area contributed by atoms with Gasteiger partial charge in [0.2, 0.25) is 5.91 Å². The van der Waals surface area contributed by atoms with E-state index in [0.717, 1.165) is 0 Å². The number of nitrogens with one attached hydrogen (secondary N) is 1. The van der Waals surface area contributed by atoms with Crippen molar-refractivity contribution in [3.05, 3.63) is 30.2 Å². The van der Waals surface area contributed by atoms with Crippen LogP contribution >= 0.6 is 0 Å². The zero-order valence-electron chi connectivity index (χ0n) is 9.96. The summed E-state index contributed by atoms with van der Waals surface area (Å²) in [6.07, 6.45) is 3.65. The Kier molecular flexibility index (Phi) is 5.66. The second kappa shape index (κ2) is 7.29. The van der Waals surface area contributed by atoms with E-state index in [2.05, 4.69) is 5.32 Å². The third-order valence-corrected chi connectivity index (χ3v) is 2.18. The van der Waals surface area contributed by atoms with Crippen molar-refractivity contribution in [1.82, 2.24) is 5.32 Å². The van der Waals surface area contributed by atoms with Crippen LogP contribution in [0.3, 0.4) is 0 Å². The Labute approximate surface area is 104 Å². The van der Waals surface area contributed by atoms with Crippen LogP contribution in [0.4, 0.5) is 0 Å². The lowest BCUT2D eigenvalue weighted by atomic mass is 10.2. The Morgan fingerprint density at radius 3 is 2.94 bits per heavy atom. The van der Waals surface area contributed by atoms with Crippen molar-refractivity contribution in [2.24, 2.45) is 0 Å². The zero-order valence-corrected chi connectivity index (χ0v) is 9.96. The number of carbonyl (C=O) groups excluding carboxylic acids is 1. The van der Waals surface area contributed by atoms with Gasteiger partial charge in [0.1, 0.15) is 5.76 Å². The van der Waals surface area contributed by atoms with Gasteiger partial charge in [0, 0.05) is 19.7 Å². The summed E-state index contributed by atoms with van der Waals surface area (Å²) in [6.45, 7) is 0.143. The molecule has 98 valence electrons. The van der Waals surface area contributed by atoms with Gasteiger partial charge in [-0.15, -0.1) is 0 Å². The summed E-state index contributed by atoms with van der Waals surface area (Å²) < 4.78 is 9.94. The third kappa shape index (κ3) is 5.31. The molecule has 6 nitrogen and oxygen atoms in total. The van der Waals surface area contributed by atoms with Gasteiger partial charge in [-0.25, -0.2) is 0 Å². The van der Waals surface area contributed by atoms with Gasteiger partial charge in [0.15, 0.2) is 0 Å². The van der Waals surface area contributed by atoms with Crippen LogP contribution in [0.1, 0.15) is 12.2 Å². The second-order valence-corrected chi connectivity index (χ2v) is 3.55. The molecular formula is C12H15NO5. The molecule has 0 bridgehead atoms. The molecule has 0 aromatic carbocycles. The Morgan fingerprint density at radius 1 is 1.61 bits per heavy atom. The molecule has 0 saturated heterocycles. The molecule has 0 aliphatic carbocycles. The Hall–Kier alpha value is -2.08. The molecular weight excluding hydrogens is 238 g/mol. The van der Waals surface area contributed by atoms with Gasteiger partial charge in [-0.1, -0.05) is 0 Å². The van der Waals surface area contributed by atoms with E-state index in [1.54, 1.807) is 12.1 Å². The molecule has 0 aliphatic heterocycles. The number of ether oxygens (including phenoxy) is 1. The van der Waals surface area contributed by atoms with Gasteiger partial charge in [-0.05, 0) is 18.2 Å². The van der Waals surface area contributed by atoms with Crippen LogP contribution in [-0.2, 0) is 14.3 Å². The van der Waals surface area contributed by atoms with Gasteiger partial charge in [-0.2, -0.15) is 0 Å². The minimum absolute atomic E-state index is 0.143. The highest BCUT2D eigenvalue weighted by molar-refractivity contribution is 5.91. The molecule has 1 rings (SSSR count). The summed E-state index contributed by atoms with van der Waals surface area (Å²) in [7, 11) is 1.40. The number of methoxy groups -OCH3 is 1. The fraction of sp³-hybridized carbons (Fsp3) is 0.333. The number of hydrogen-bond donors (Lipinski definition) is 2. The first-order chi connectivity index (χ1) is 8.61. The van der Waals surface area contributed by atoms with E-state index in [-0.39, 0.29) is 18.9 Å². The van der Waals surface area contributed by atoms with Crippen LogP contribution in [0, 0.1) is 0 Å². The molecule has 2 N–H and O–H groups in total.